The summed E-state index contributed by atoms with van der Waals surface area (Å²) >= 11 is 0. The number of halogens is 1. The first-order chi connectivity index (χ1) is 12.5. The normalized spacial score (nSPS) is 10.9. The predicted octanol–water partition coefficient (Wildman–Crippen LogP) is 4.67. The quantitative estimate of drug-likeness (QED) is 0.648. The van der Waals surface area contributed by atoms with Gasteiger partial charge in [0, 0.05) is 24.1 Å². The van der Waals surface area contributed by atoms with Gasteiger partial charge in [-0.1, -0.05) is 49.3 Å². The maximum atomic E-state index is 13.1. The molecule has 0 N–H and O–H groups in total. The largest absolute Gasteiger partial charge is 0.356 e. The minimum atomic E-state index is -0.301. The molecule has 0 saturated heterocycles. The van der Waals surface area contributed by atoms with Crippen LogP contribution in [0, 0.1) is 11.7 Å². The van der Waals surface area contributed by atoms with Gasteiger partial charge in [-0.15, -0.1) is 0 Å². The van der Waals surface area contributed by atoms with Gasteiger partial charge >= 0.3 is 0 Å². The zero-order valence-corrected chi connectivity index (χ0v) is 14.9. The number of benzene rings is 2. The van der Waals surface area contributed by atoms with Gasteiger partial charge in [-0.2, -0.15) is 0 Å². The average molecular weight is 352 g/mol. The van der Waals surface area contributed by atoms with E-state index in [1.165, 1.54) is 12.1 Å². The van der Waals surface area contributed by atoms with Gasteiger partial charge < -0.3 is 9.42 Å². The summed E-state index contributed by atoms with van der Waals surface area (Å²) in [7, 11) is 0. The number of hydrogen-bond donors (Lipinski definition) is 0. The smallest absolute Gasteiger partial charge is 0.225 e. The molecule has 26 heavy (non-hydrogen) atoms. The van der Waals surface area contributed by atoms with Crippen LogP contribution in [0.5, 0.6) is 0 Å². The lowest BCUT2D eigenvalue weighted by Gasteiger charge is -2.23. The topological polar surface area (TPSA) is 46.3 Å². The molecule has 0 aliphatic heterocycles. The first-order valence-electron chi connectivity index (χ1n) is 8.57. The fourth-order valence-electron chi connectivity index (χ4n) is 2.71. The maximum Gasteiger partial charge on any atom is 0.225 e. The highest BCUT2D eigenvalue weighted by Gasteiger charge is 2.19. The van der Waals surface area contributed by atoms with Crippen LogP contribution in [0.2, 0.25) is 0 Å². The van der Waals surface area contributed by atoms with Crippen molar-refractivity contribution in [2.24, 2.45) is 5.92 Å². The molecule has 1 heterocycles. The highest BCUT2D eigenvalue weighted by Crippen LogP contribution is 2.22. The number of rotatable bonds is 6. The summed E-state index contributed by atoms with van der Waals surface area (Å²) in [6.45, 7) is 4.63. The second kappa shape index (κ2) is 7.95. The van der Waals surface area contributed by atoms with E-state index in [4.69, 9.17) is 4.52 Å². The Morgan fingerprint density at radius 2 is 1.77 bits per heavy atom. The Hall–Kier alpha value is -2.95. The van der Waals surface area contributed by atoms with Crippen LogP contribution in [-0.2, 0) is 17.9 Å². The molecule has 0 fully saturated rings. The predicted molar refractivity (Wildman–Crippen MR) is 97.4 cm³/mol. The van der Waals surface area contributed by atoms with Crippen LogP contribution >= 0.6 is 0 Å². The molecule has 0 aliphatic rings. The summed E-state index contributed by atoms with van der Waals surface area (Å²) in [6.07, 6.45) is 0. The molecular weight excluding hydrogens is 331 g/mol. The minimum absolute atomic E-state index is 0.0557. The van der Waals surface area contributed by atoms with E-state index in [0.29, 0.717) is 24.5 Å². The van der Waals surface area contributed by atoms with E-state index >= 15 is 0 Å². The van der Waals surface area contributed by atoms with Gasteiger partial charge in [0.05, 0.1) is 6.54 Å². The SMILES string of the molecule is CC(C)C(=O)N(Cc1ccccc1)Cc1cc(-c2ccc(F)cc2)on1. The van der Waals surface area contributed by atoms with E-state index < -0.39 is 0 Å². The van der Waals surface area contributed by atoms with Crippen molar-refractivity contribution in [2.45, 2.75) is 26.9 Å². The van der Waals surface area contributed by atoms with Gasteiger partial charge in [0.1, 0.15) is 11.5 Å². The third-order valence-electron chi connectivity index (χ3n) is 4.06. The summed E-state index contributed by atoms with van der Waals surface area (Å²) in [4.78, 5) is 14.4. The molecule has 3 rings (SSSR count). The third-order valence-corrected chi connectivity index (χ3v) is 4.06. The van der Waals surface area contributed by atoms with Crippen molar-refractivity contribution in [1.29, 1.82) is 0 Å². The summed E-state index contributed by atoms with van der Waals surface area (Å²) in [5, 5.41) is 4.08. The molecule has 3 aromatic rings. The molecule has 4 nitrogen and oxygen atoms in total. The highest BCUT2D eigenvalue weighted by atomic mass is 19.1. The van der Waals surface area contributed by atoms with Crippen LogP contribution in [0.3, 0.4) is 0 Å². The van der Waals surface area contributed by atoms with Crippen LogP contribution < -0.4 is 0 Å². The van der Waals surface area contributed by atoms with Crippen molar-refractivity contribution in [3.63, 3.8) is 0 Å². The lowest BCUT2D eigenvalue weighted by Crippen LogP contribution is -2.33. The van der Waals surface area contributed by atoms with Crippen molar-refractivity contribution in [3.05, 3.63) is 77.7 Å². The first-order valence-corrected chi connectivity index (χ1v) is 8.57. The molecule has 0 radical (unpaired) electrons. The molecule has 0 unspecified atom stereocenters. The van der Waals surface area contributed by atoms with Gasteiger partial charge in [0.2, 0.25) is 5.91 Å². The number of amides is 1. The van der Waals surface area contributed by atoms with Crippen LogP contribution in [0.25, 0.3) is 11.3 Å². The van der Waals surface area contributed by atoms with Crippen LogP contribution in [0.4, 0.5) is 4.39 Å². The van der Waals surface area contributed by atoms with E-state index in [2.05, 4.69) is 5.16 Å². The standard InChI is InChI=1S/C21H21FN2O2/c1-15(2)21(25)24(13-16-6-4-3-5-7-16)14-19-12-20(26-23-19)17-8-10-18(22)11-9-17/h3-12,15H,13-14H2,1-2H3. The van der Waals surface area contributed by atoms with Crippen molar-refractivity contribution >= 4 is 5.91 Å². The van der Waals surface area contributed by atoms with Gasteiger partial charge in [-0.05, 0) is 29.8 Å². The maximum absolute atomic E-state index is 13.1. The lowest BCUT2D eigenvalue weighted by atomic mass is 10.1. The third kappa shape index (κ3) is 4.36. The van der Waals surface area contributed by atoms with Crippen molar-refractivity contribution < 1.29 is 13.7 Å². The second-order valence-electron chi connectivity index (χ2n) is 6.52. The molecule has 1 amide bonds. The monoisotopic (exact) mass is 352 g/mol. The molecule has 134 valence electrons. The molecule has 0 bridgehead atoms. The molecular formula is C21H21FN2O2. The van der Waals surface area contributed by atoms with Gasteiger partial charge in [0.25, 0.3) is 0 Å². The minimum Gasteiger partial charge on any atom is -0.356 e. The summed E-state index contributed by atoms with van der Waals surface area (Å²) in [5.41, 5.74) is 2.47. The Bertz CT molecular complexity index is 857. The van der Waals surface area contributed by atoms with Gasteiger partial charge in [-0.3, -0.25) is 4.79 Å². The fraction of sp³-hybridized carbons (Fsp3) is 0.238. The number of carbonyl (C=O) groups excluding carboxylic acids is 1. The Kier molecular flexibility index (Phi) is 5.46. The fourth-order valence-corrected chi connectivity index (χ4v) is 2.71. The zero-order valence-electron chi connectivity index (χ0n) is 14.9. The zero-order chi connectivity index (χ0) is 18.5. The molecule has 0 saturated carbocycles. The van der Waals surface area contributed by atoms with Gasteiger partial charge in [-0.25, -0.2) is 4.39 Å². The van der Waals surface area contributed by atoms with Crippen LogP contribution in [0.1, 0.15) is 25.1 Å². The Morgan fingerprint density at radius 1 is 1.08 bits per heavy atom. The Balaban J connectivity index is 1.78. The van der Waals surface area contributed by atoms with Gasteiger partial charge in [0.15, 0.2) is 5.76 Å². The second-order valence-corrected chi connectivity index (χ2v) is 6.52. The Labute approximate surface area is 152 Å². The van der Waals surface area contributed by atoms with Crippen molar-refractivity contribution in [2.75, 3.05) is 0 Å². The molecule has 1 aromatic heterocycles. The Morgan fingerprint density at radius 3 is 2.42 bits per heavy atom. The molecule has 5 heteroatoms. The molecule has 2 aromatic carbocycles. The number of aromatic nitrogens is 1. The number of carbonyl (C=O) groups is 1. The van der Waals surface area contributed by atoms with E-state index in [1.807, 2.05) is 44.2 Å². The molecule has 0 aliphatic carbocycles. The van der Waals surface area contributed by atoms with E-state index in [1.54, 1.807) is 23.1 Å². The van der Waals surface area contributed by atoms with E-state index in [-0.39, 0.29) is 17.6 Å². The summed E-state index contributed by atoms with van der Waals surface area (Å²) in [6, 6.07) is 17.7. The average Bonchev–Trinajstić information content (AvgIpc) is 3.10. The van der Waals surface area contributed by atoms with Crippen molar-refractivity contribution in [1.82, 2.24) is 10.1 Å². The number of hydrogen-bond acceptors (Lipinski definition) is 3. The van der Waals surface area contributed by atoms with Crippen molar-refractivity contribution in [3.8, 4) is 11.3 Å². The van der Waals surface area contributed by atoms with E-state index in [9.17, 15) is 9.18 Å². The summed E-state index contributed by atoms with van der Waals surface area (Å²) in [5.74, 6) is 0.198. The number of nitrogens with zero attached hydrogens (tertiary/aromatic N) is 2. The highest BCUT2D eigenvalue weighted by molar-refractivity contribution is 5.78. The van der Waals surface area contributed by atoms with Crippen LogP contribution in [0.15, 0.2) is 65.2 Å². The molecule has 0 spiro atoms. The first kappa shape index (κ1) is 17.9. The summed E-state index contributed by atoms with van der Waals surface area (Å²) < 4.78 is 18.4. The molecule has 0 atom stereocenters. The van der Waals surface area contributed by atoms with Crippen LogP contribution in [-0.4, -0.2) is 16.0 Å². The van der Waals surface area contributed by atoms with E-state index in [0.717, 1.165) is 11.1 Å². The lowest BCUT2D eigenvalue weighted by molar-refractivity contribution is -0.135.